The lowest BCUT2D eigenvalue weighted by molar-refractivity contribution is -0.134. The second-order valence-corrected chi connectivity index (χ2v) is 6.27. The Morgan fingerprint density at radius 3 is 2.87 bits per heavy atom. The van der Waals surface area contributed by atoms with E-state index in [0.29, 0.717) is 38.4 Å². The molecule has 1 fully saturated rings. The number of aromatic nitrogens is 2. The average molecular weight is 322 g/mol. The van der Waals surface area contributed by atoms with Gasteiger partial charge in [-0.2, -0.15) is 5.10 Å². The number of aryl methyl sites for hydroxylation is 1. The Hall–Kier alpha value is -1.44. The maximum Gasteiger partial charge on any atom is 0.237 e. The van der Waals surface area contributed by atoms with Gasteiger partial charge in [0.05, 0.1) is 43.8 Å². The molecule has 2 aliphatic rings. The van der Waals surface area contributed by atoms with Crippen molar-refractivity contribution in [1.82, 2.24) is 19.6 Å². The Morgan fingerprint density at radius 1 is 1.35 bits per heavy atom. The number of nitrogens with zero attached hydrogens (tertiary/aromatic N) is 4. The highest BCUT2D eigenvalue weighted by Crippen LogP contribution is 2.20. The fourth-order valence-corrected chi connectivity index (χ4v) is 3.12. The Bertz CT molecular complexity index is 539. The van der Waals surface area contributed by atoms with E-state index in [1.54, 1.807) is 0 Å². The van der Waals surface area contributed by atoms with Crippen LogP contribution in [0.3, 0.4) is 0 Å². The van der Waals surface area contributed by atoms with Gasteiger partial charge in [-0.25, -0.2) is 0 Å². The van der Waals surface area contributed by atoms with E-state index in [9.17, 15) is 9.90 Å². The molecule has 7 nitrogen and oxygen atoms in total. The molecule has 1 aromatic heterocycles. The smallest absolute Gasteiger partial charge is 0.237 e. The number of morpholine rings is 1. The van der Waals surface area contributed by atoms with Gasteiger partial charge in [-0.15, -0.1) is 0 Å². The van der Waals surface area contributed by atoms with E-state index in [0.717, 1.165) is 38.3 Å². The molecular formula is C16H26N4O3. The summed E-state index contributed by atoms with van der Waals surface area (Å²) in [6.45, 7) is 7.60. The van der Waals surface area contributed by atoms with E-state index >= 15 is 0 Å². The molecule has 0 radical (unpaired) electrons. The minimum absolute atomic E-state index is 0.166. The van der Waals surface area contributed by atoms with Crippen molar-refractivity contribution in [3.8, 4) is 0 Å². The zero-order valence-electron chi connectivity index (χ0n) is 13.8. The number of aliphatic hydroxyl groups excluding tert-OH is 1. The third kappa shape index (κ3) is 3.91. The lowest BCUT2D eigenvalue weighted by Gasteiger charge is -2.29. The number of carbonyl (C=O) groups is 1. The highest BCUT2D eigenvalue weighted by Gasteiger charge is 2.24. The monoisotopic (exact) mass is 322 g/mol. The molecule has 1 N–H and O–H groups in total. The maximum atomic E-state index is 12.6. The molecule has 0 unspecified atom stereocenters. The molecule has 2 aliphatic heterocycles. The molecule has 0 saturated carbocycles. The Labute approximate surface area is 136 Å². The molecule has 0 bridgehead atoms. The van der Waals surface area contributed by atoms with Gasteiger partial charge < -0.3 is 14.7 Å². The van der Waals surface area contributed by atoms with Gasteiger partial charge in [-0.1, -0.05) is 6.92 Å². The van der Waals surface area contributed by atoms with Crippen LogP contribution in [-0.4, -0.2) is 70.0 Å². The third-order valence-electron chi connectivity index (χ3n) is 4.58. The molecular weight excluding hydrogens is 296 g/mol. The van der Waals surface area contributed by atoms with Crippen molar-refractivity contribution in [3.05, 3.63) is 17.5 Å². The standard InChI is InChI=1S/C16H26N4O3/c1-2-15(21)14-10-13-11-19(4-3-5-20(13)17-14)16(22)12-18-6-8-23-9-7-18/h10,15,21H,2-9,11-12H2,1H3/t15-/m1/s1. The molecule has 1 amide bonds. The van der Waals surface area contributed by atoms with E-state index in [4.69, 9.17) is 4.74 Å². The number of carbonyl (C=O) groups excluding carboxylic acids is 1. The van der Waals surface area contributed by atoms with E-state index in [1.807, 2.05) is 22.6 Å². The summed E-state index contributed by atoms with van der Waals surface area (Å²) >= 11 is 0. The SMILES string of the molecule is CC[C@@H](O)c1cc2n(n1)CCCN(C(=O)CN1CCOCC1)C2. The number of hydrogen-bond donors (Lipinski definition) is 1. The Morgan fingerprint density at radius 2 is 2.13 bits per heavy atom. The largest absolute Gasteiger partial charge is 0.387 e. The first-order valence-electron chi connectivity index (χ1n) is 8.50. The van der Waals surface area contributed by atoms with Crippen LogP contribution in [0.15, 0.2) is 6.07 Å². The first-order chi connectivity index (χ1) is 11.2. The zero-order valence-corrected chi connectivity index (χ0v) is 13.8. The first-order valence-corrected chi connectivity index (χ1v) is 8.50. The maximum absolute atomic E-state index is 12.6. The molecule has 23 heavy (non-hydrogen) atoms. The molecule has 0 aliphatic carbocycles. The van der Waals surface area contributed by atoms with Crippen molar-refractivity contribution < 1.29 is 14.6 Å². The van der Waals surface area contributed by atoms with Crippen LogP contribution in [0, 0.1) is 0 Å². The van der Waals surface area contributed by atoms with Crippen LogP contribution in [0.5, 0.6) is 0 Å². The first kappa shape index (κ1) is 16.4. The Balaban J connectivity index is 1.65. The summed E-state index contributed by atoms with van der Waals surface area (Å²) in [5, 5.41) is 14.5. The summed E-state index contributed by atoms with van der Waals surface area (Å²) in [6.07, 6.45) is 1.02. The van der Waals surface area contributed by atoms with Crippen LogP contribution in [-0.2, 0) is 22.6 Å². The molecule has 0 spiro atoms. The summed E-state index contributed by atoms with van der Waals surface area (Å²) < 4.78 is 7.27. The van der Waals surface area contributed by atoms with Gasteiger partial charge in [0.1, 0.15) is 0 Å². The third-order valence-corrected chi connectivity index (χ3v) is 4.58. The van der Waals surface area contributed by atoms with Crippen molar-refractivity contribution in [3.63, 3.8) is 0 Å². The van der Waals surface area contributed by atoms with E-state index in [-0.39, 0.29) is 5.91 Å². The number of aliphatic hydroxyl groups is 1. The lowest BCUT2D eigenvalue weighted by Crippen LogP contribution is -2.44. The minimum Gasteiger partial charge on any atom is -0.387 e. The number of hydrogen-bond acceptors (Lipinski definition) is 5. The fourth-order valence-electron chi connectivity index (χ4n) is 3.12. The number of ether oxygens (including phenoxy) is 1. The van der Waals surface area contributed by atoms with Crippen LogP contribution in [0.25, 0.3) is 0 Å². The van der Waals surface area contributed by atoms with E-state index in [2.05, 4.69) is 10.00 Å². The molecule has 1 aromatic rings. The zero-order chi connectivity index (χ0) is 16.2. The van der Waals surface area contributed by atoms with Crippen LogP contribution in [0.1, 0.15) is 37.3 Å². The summed E-state index contributed by atoms with van der Waals surface area (Å²) in [7, 11) is 0. The van der Waals surface area contributed by atoms with E-state index in [1.165, 1.54) is 0 Å². The highest BCUT2D eigenvalue weighted by molar-refractivity contribution is 5.78. The Kier molecular flexibility index (Phi) is 5.30. The van der Waals surface area contributed by atoms with Crippen molar-refractivity contribution in [2.24, 2.45) is 0 Å². The summed E-state index contributed by atoms with van der Waals surface area (Å²) in [4.78, 5) is 16.7. The van der Waals surface area contributed by atoms with Crippen LogP contribution in [0.2, 0.25) is 0 Å². The predicted octanol–water partition coefficient (Wildman–Crippen LogP) is 0.391. The average Bonchev–Trinajstić information content (AvgIpc) is 2.86. The molecule has 0 aromatic carbocycles. The molecule has 1 saturated heterocycles. The number of fused-ring (bicyclic) bond motifs is 1. The van der Waals surface area contributed by atoms with Crippen LogP contribution >= 0.6 is 0 Å². The van der Waals surface area contributed by atoms with Crippen LogP contribution < -0.4 is 0 Å². The van der Waals surface area contributed by atoms with Gasteiger partial charge in [0.15, 0.2) is 0 Å². The quantitative estimate of drug-likeness (QED) is 0.868. The second-order valence-electron chi connectivity index (χ2n) is 6.27. The summed E-state index contributed by atoms with van der Waals surface area (Å²) in [6, 6.07) is 1.94. The van der Waals surface area contributed by atoms with Crippen molar-refractivity contribution in [2.75, 3.05) is 39.4 Å². The molecule has 128 valence electrons. The van der Waals surface area contributed by atoms with Crippen molar-refractivity contribution in [1.29, 1.82) is 0 Å². The van der Waals surface area contributed by atoms with Gasteiger partial charge >= 0.3 is 0 Å². The van der Waals surface area contributed by atoms with Gasteiger partial charge in [0.25, 0.3) is 0 Å². The summed E-state index contributed by atoms with van der Waals surface area (Å²) in [5.74, 6) is 0.166. The topological polar surface area (TPSA) is 70.8 Å². The van der Waals surface area contributed by atoms with Crippen molar-refractivity contribution >= 4 is 5.91 Å². The van der Waals surface area contributed by atoms with Gasteiger partial charge in [0.2, 0.25) is 5.91 Å². The van der Waals surface area contributed by atoms with Crippen LogP contribution in [0.4, 0.5) is 0 Å². The number of rotatable bonds is 4. The van der Waals surface area contributed by atoms with Gasteiger partial charge in [-0.3, -0.25) is 14.4 Å². The van der Waals surface area contributed by atoms with Gasteiger partial charge in [0, 0.05) is 26.2 Å². The summed E-state index contributed by atoms with van der Waals surface area (Å²) in [5.41, 5.74) is 1.73. The van der Waals surface area contributed by atoms with Crippen molar-refractivity contribution in [2.45, 2.75) is 39.0 Å². The fraction of sp³-hybridized carbons (Fsp3) is 0.750. The predicted molar refractivity (Wildman–Crippen MR) is 84.8 cm³/mol. The molecule has 3 heterocycles. The molecule has 1 atom stereocenters. The lowest BCUT2D eigenvalue weighted by atomic mass is 10.2. The van der Waals surface area contributed by atoms with E-state index < -0.39 is 6.10 Å². The second kappa shape index (κ2) is 7.42. The minimum atomic E-state index is -0.521. The normalized spacial score (nSPS) is 20.9. The molecule has 7 heteroatoms. The molecule has 3 rings (SSSR count). The van der Waals surface area contributed by atoms with Gasteiger partial charge in [-0.05, 0) is 18.9 Å². The number of amides is 1. The highest BCUT2D eigenvalue weighted by atomic mass is 16.5.